The molecule has 0 amide bonds. The zero-order valence-corrected chi connectivity index (χ0v) is 15.1. The molecule has 1 aromatic carbocycles. The van der Waals surface area contributed by atoms with Crippen LogP contribution in [0.1, 0.15) is 12.1 Å². The van der Waals surface area contributed by atoms with Gasteiger partial charge >= 0.3 is 5.97 Å². The molecule has 3 aromatic rings. The van der Waals surface area contributed by atoms with Gasteiger partial charge in [0.15, 0.2) is 5.82 Å². The van der Waals surface area contributed by atoms with E-state index in [-0.39, 0.29) is 5.92 Å². The van der Waals surface area contributed by atoms with Crippen LogP contribution in [0.25, 0.3) is 22.2 Å². The smallest absolute Gasteiger partial charge is 0.310 e. The molecule has 0 unspecified atom stereocenters. The fraction of sp³-hybridized carbons (Fsp3) is 0.350. The van der Waals surface area contributed by atoms with Gasteiger partial charge in [-0.3, -0.25) is 9.78 Å². The summed E-state index contributed by atoms with van der Waals surface area (Å²) in [5, 5.41) is 10.2. The Balaban J connectivity index is 1.67. The number of aliphatic carboxylic acids is 1. The van der Waals surface area contributed by atoms with Gasteiger partial charge in [0.25, 0.3) is 0 Å². The number of carboxylic acid groups (broad SMARTS) is 1. The summed E-state index contributed by atoms with van der Waals surface area (Å²) in [6.07, 6.45) is 5.09. The molecule has 4 rings (SSSR count). The first-order valence-electron chi connectivity index (χ1n) is 8.96. The lowest BCUT2D eigenvalue weighted by Crippen LogP contribution is -2.51. The summed E-state index contributed by atoms with van der Waals surface area (Å²) in [6, 6.07) is 7.80. The third-order valence-corrected chi connectivity index (χ3v) is 4.84. The minimum Gasteiger partial charge on any atom is -0.481 e. The summed E-state index contributed by atoms with van der Waals surface area (Å²) >= 11 is 0. The van der Waals surface area contributed by atoms with E-state index in [0.29, 0.717) is 19.7 Å². The fourth-order valence-corrected chi connectivity index (χ4v) is 3.28. The Morgan fingerprint density at radius 3 is 3.00 bits per heavy atom. The highest BCUT2D eigenvalue weighted by Crippen LogP contribution is 2.33. The molecular formula is C20H21N3O4. The third kappa shape index (κ3) is 3.50. The maximum absolute atomic E-state index is 11.2. The highest BCUT2D eigenvalue weighted by atomic mass is 16.5. The van der Waals surface area contributed by atoms with E-state index in [1.807, 2.05) is 29.2 Å². The second-order valence-corrected chi connectivity index (χ2v) is 6.74. The highest BCUT2D eigenvalue weighted by Gasteiger charge is 2.35. The second kappa shape index (κ2) is 7.36. The summed E-state index contributed by atoms with van der Waals surface area (Å²) in [5.74, 6) is -0.379. The number of anilines is 1. The van der Waals surface area contributed by atoms with Gasteiger partial charge in [0.2, 0.25) is 0 Å². The van der Waals surface area contributed by atoms with E-state index in [1.54, 1.807) is 19.6 Å². The van der Waals surface area contributed by atoms with Gasteiger partial charge in [0.1, 0.15) is 11.3 Å². The molecule has 1 N–H and O–H groups in total. The number of furan rings is 1. The van der Waals surface area contributed by atoms with E-state index in [0.717, 1.165) is 46.6 Å². The molecule has 0 saturated carbocycles. The van der Waals surface area contributed by atoms with E-state index in [2.05, 4.69) is 4.98 Å². The van der Waals surface area contributed by atoms with Gasteiger partial charge in [-0.1, -0.05) is 0 Å². The monoisotopic (exact) mass is 367 g/mol. The predicted octanol–water partition coefficient (Wildman–Crippen LogP) is 2.99. The van der Waals surface area contributed by atoms with Crippen LogP contribution in [-0.2, 0) is 16.0 Å². The summed E-state index contributed by atoms with van der Waals surface area (Å²) in [6.45, 7) is 1.57. The van der Waals surface area contributed by atoms with Gasteiger partial charge in [-0.2, -0.15) is 0 Å². The quantitative estimate of drug-likeness (QED) is 0.642. The molecule has 1 aliphatic rings. The van der Waals surface area contributed by atoms with Crippen LogP contribution < -0.4 is 4.90 Å². The normalized spacial score (nSPS) is 14.5. The molecule has 140 valence electrons. The van der Waals surface area contributed by atoms with E-state index < -0.39 is 5.97 Å². The number of carbonyl (C=O) groups is 1. The SMILES string of the molecule is COCCCc1cnc(-c2ccc3occc3c2)c(N2CC(C(=O)O)C2)n1. The van der Waals surface area contributed by atoms with Gasteiger partial charge in [0.05, 0.1) is 17.9 Å². The average Bonchev–Trinajstić information content (AvgIpc) is 3.08. The number of hydrogen-bond donors (Lipinski definition) is 1. The minimum absolute atomic E-state index is 0.354. The van der Waals surface area contributed by atoms with Crippen molar-refractivity contribution in [3.8, 4) is 11.3 Å². The van der Waals surface area contributed by atoms with Crippen LogP contribution in [0.4, 0.5) is 5.82 Å². The average molecular weight is 367 g/mol. The van der Waals surface area contributed by atoms with Gasteiger partial charge < -0.3 is 19.2 Å². The standard InChI is InChI=1S/C20H21N3O4/c1-26-7-2-3-16-10-21-18(14-4-5-17-13(9-14)6-8-27-17)19(22-16)23-11-15(12-23)20(24)25/h4-6,8-10,15H,2-3,7,11-12H2,1H3,(H,24,25). The van der Waals surface area contributed by atoms with E-state index >= 15 is 0 Å². The molecule has 1 saturated heterocycles. The molecule has 0 bridgehead atoms. The number of aryl methyl sites for hydroxylation is 1. The first-order chi connectivity index (χ1) is 13.2. The van der Waals surface area contributed by atoms with Crippen molar-refractivity contribution < 1.29 is 19.1 Å². The number of nitrogens with zero attached hydrogens (tertiary/aromatic N) is 3. The number of rotatable bonds is 7. The van der Waals surface area contributed by atoms with Crippen LogP contribution in [-0.4, -0.2) is 47.8 Å². The summed E-state index contributed by atoms with van der Waals surface area (Å²) in [7, 11) is 1.68. The number of aromatic nitrogens is 2. The molecule has 2 aromatic heterocycles. The Labute approximate surface area is 156 Å². The van der Waals surface area contributed by atoms with Crippen molar-refractivity contribution in [1.82, 2.24) is 9.97 Å². The van der Waals surface area contributed by atoms with Crippen molar-refractivity contribution in [3.63, 3.8) is 0 Å². The van der Waals surface area contributed by atoms with E-state index in [9.17, 15) is 9.90 Å². The predicted molar refractivity (Wildman–Crippen MR) is 101 cm³/mol. The second-order valence-electron chi connectivity index (χ2n) is 6.74. The van der Waals surface area contributed by atoms with E-state index in [1.165, 1.54) is 0 Å². The van der Waals surface area contributed by atoms with Crippen molar-refractivity contribution in [2.45, 2.75) is 12.8 Å². The molecular weight excluding hydrogens is 346 g/mol. The number of fused-ring (bicyclic) bond motifs is 1. The van der Waals surface area contributed by atoms with Crippen molar-refractivity contribution in [2.24, 2.45) is 5.92 Å². The van der Waals surface area contributed by atoms with Crippen molar-refractivity contribution >= 4 is 22.8 Å². The highest BCUT2D eigenvalue weighted by molar-refractivity contribution is 5.85. The Morgan fingerprint density at radius 1 is 1.37 bits per heavy atom. The number of methoxy groups -OCH3 is 1. The number of hydrogen-bond acceptors (Lipinski definition) is 6. The number of carboxylic acids is 1. The Morgan fingerprint density at radius 2 is 2.22 bits per heavy atom. The molecule has 1 fully saturated rings. The summed E-state index contributed by atoms with van der Waals surface area (Å²) < 4.78 is 10.5. The number of benzene rings is 1. The lowest BCUT2D eigenvalue weighted by atomic mass is 9.99. The maximum atomic E-state index is 11.2. The Hall–Kier alpha value is -2.93. The molecule has 3 heterocycles. The Kier molecular flexibility index (Phi) is 4.77. The first-order valence-corrected chi connectivity index (χ1v) is 8.96. The molecule has 0 aliphatic carbocycles. The van der Waals surface area contributed by atoms with Crippen LogP contribution in [0.2, 0.25) is 0 Å². The van der Waals surface area contributed by atoms with Crippen LogP contribution in [0.3, 0.4) is 0 Å². The molecule has 7 nitrogen and oxygen atoms in total. The fourth-order valence-electron chi connectivity index (χ4n) is 3.28. The van der Waals surface area contributed by atoms with Crippen molar-refractivity contribution in [2.75, 3.05) is 31.7 Å². The van der Waals surface area contributed by atoms with Gasteiger partial charge in [-0.15, -0.1) is 0 Å². The van der Waals surface area contributed by atoms with Crippen LogP contribution >= 0.6 is 0 Å². The molecule has 0 spiro atoms. The molecule has 27 heavy (non-hydrogen) atoms. The zero-order chi connectivity index (χ0) is 18.8. The topological polar surface area (TPSA) is 88.7 Å². The van der Waals surface area contributed by atoms with Crippen LogP contribution in [0, 0.1) is 5.92 Å². The van der Waals surface area contributed by atoms with Gasteiger partial charge in [0, 0.05) is 44.0 Å². The van der Waals surface area contributed by atoms with E-state index in [4.69, 9.17) is 14.1 Å². The van der Waals surface area contributed by atoms with Crippen LogP contribution in [0.15, 0.2) is 41.1 Å². The van der Waals surface area contributed by atoms with Gasteiger partial charge in [-0.05, 0) is 37.1 Å². The third-order valence-electron chi connectivity index (χ3n) is 4.84. The molecule has 0 radical (unpaired) electrons. The summed E-state index contributed by atoms with van der Waals surface area (Å²) in [4.78, 5) is 22.6. The zero-order valence-electron chi connectivity index (χ0n) is 15.1. The summed E-state index contributed by atoms with van der Waals surface area (Å²) in [5.41, 5.74) is 3.40. The Bertz CT molecular complexity index is 963. The minimum atomic E-state index is -0.767. The van der Waals surface area contributed by atoms with Crippen LogP contribution in [0.5, 0.6) is 0 Å². The maximum Gasteiger partial charge on any atom is 0.310 e. The largest absolute Gasteiger partial charge is 0.481 e. The van der Waals surface area contributed by atoms with Crippen molar-refractivity contribution in [1.29, 1.82) is 0 Å². The molecule has 1 aliphatic heterocycles. The van der Waals surface area contributed by atoms with Crippen molar-refractivity contribution in [3.05, 3.63) is 42.4 Å². The lowest BCUT2D eigenvalue weighted by molar-refractivity contribution is -0.142. The first kappa shape index (κ1) is 17.5. The molecule has 0 atom stereocenters. The van der Waals surface area contributed by atoms with Gasteiger partial charge in [-0.25, -0.2) is 4.98 Å². The molecule has 7 heteroatoms. The lowest BCUT2D eigenvalue weighted by Gasteiger charge is -2.38. The number of ether oxygens (including phenoxy) is 1.